The average molecular weight is 2010 g/mol. The van der Waals surface area contributed by atoms with E-state index in [2.05, 4.69) is 31.6 Å². The highest BCUT2D eigenvalue weighted by atomic mass is 19.4. The maximum Gasteiger partial charge on any atom is 0.471 e. The van der Waals surface area contributed by atoms with Gasteiger partial charge in [-0.1, -0.05) is 11.3 Å². The summed E-state index contributed by atoms with van der Waals surface area (Å²) in [7, 11) is 0. The van der Waals surface area contributed by atoms with Crippen molar-refractivity contribution in [1.82, 2.24) is 51.9 Å². The fourth-order valence-corrected chi connectivity index (χ4v) is 14.9. The number of amides is 6. The molecule has 6 aliphatic heterocycles. The molecule has 139 heavy (non-hydrogen) atoms. The Morgan fingerprint density at radius 2 is 0.964 bits per heavy atom. The predicted octanol–water partition coefficient (Wildman–Crippen LogP) is -1.79. The number of fused-ring (bicyclic) bond motifs is 7. The molecule has 54 heteroatoms. The van der Waals surface area contributed by atoms with Crippen LogP contribution in [0.25, 0.3) is 28.0 Å². The summed E-state index contributed by atoms with van der Waals surface area (Å²) in [5.74, 6) is -9.11. The number of alkyl halides is 6. The maximum absolute atomic E-state index is 14.3. The van der Waals surface area contributed by atoms with Crippen LogP contribution >= 0.6 is 0 Å². The van der Waals surface area contributed by atoms with Crippen LogP contribution in [0.1, 0.15) is 51.9 Å². The van der Waals surface area contributed by atoms with Crippen LogP contribution in [0.5, 0.6) is 11.5 Å². The molecular formula is C85H121F7N10O37. The Morgan fingerprint density at radius 3 is 1.47 bits per heavy atom. The van der Waals surface area contributed by atoms with Gasteiger partial charge in [0.05, 0.1) is 228 Å². The van der Waals surface area contributed by atoms with Gasteiger partial charge in [0, 0.05) is 69.1 Å². The number of ether oxygens (including phenoxy) is 21. The molecule has 16 atom stereocenters. The Bertz CT molecular complexity index is 4310. The number of alkyl carbamates (subject to hydrolysis) is 1. The highest BCUT2D eigenvalue weighted by Crippen LogP contribution is 2.42. The van der Waals surface area contributed by atoms with Gasteiger partial charge in [-0.3, -0.25) is 28.8 Å². The minimum Gasteiger partial charge on any atom is -0.505 e. The van der Waals surface area contributed by atoms with Gasteiger partial charge in [-0.25, -0.2) is 18.9 Å². The molecule has 6 bridgehead atoms. The van der Waals surface area contributed by atoms with Crippen molar-refractivity contribution in [2.24, 2.45) is 5.41 Å². The van der Waals surface area contributed by atoms with E-state index in [-0.39, 0.29) is 281 Å². The lowest BCUT2D eigenvalue weighted by molar-refractivity contribution is -0.358. The number of carbonyl (C=O) groups excluding carboxylic acids is 7. The Labute approximate surface area is 791 Å². The zero-order valence-electron chi connectivity index (χ0n) is 76.1. The smallest absolute Gasteiger partial charge is 0.471 e. The molecule has 6 amide bonds. The van der Waals surface area contributed by atoms with Crippen LogP contribution in [0.15, 0.2) is 54.7 Å². The fraction of sp³-hybridized carbons (Fsp3) is 0.718. The van der Waals surface area contributed by atoms with Crippen LogP contribution in [0.4, 0.5) is 35.5 Å². The van der Waals surface area contributed by atoms with Crippen molar-refractivity contribution in [2.75, 3.05) is 231 Å². The third-order valence-corrected chi connectivity index (χ3v) is 22.1. The summed E-state index contributed by atoms with van der Waals surface area (Å²) >= 11 is 0. The first-order valence-electron chi connectivity index (χ1n) is 44.9. The van der Waals surface area contributed by atoms with E-state index < -0.39 is 156 Å². The third-order valence-electron chi connectivity index (χ3n) is 22.1. The SMILES string of the molecule is CC(=O)N[C@H]1[C@H]2OC[C@](COCCOCCOCCOCCNC(=O)OCCCC(COCCC(=O)NCCOCCOCCOCCOC[C@@]34CO[C@@H](O3)[C@H](NC(=O)C(F)(F)F)[C@@H](O)[C@H]4O)(COCCC(=O)NCCOCCOCCOCCOC[C@@]34OO[C@@H](O3)[C@H](NC(=O)C(F)(F)F)[C@@H](O)[C@H]4O)CC(=O)CCCOc3ccc4nc(-c5cn(-c6ccc(O)c(F)c6)nn5)ccc4c3)(O2)[C@H](O)[C@@H]1O. The summed E-state index contributed by atoms with van der Waals surface area (Å²) in [6, 6.07) is 8.14. The Kier molecular flexibility index (Phi) is 45.5. The first kappa shape index (κ1) is 112. The Balaban J connectivity index is 0.646. The van der Waals surface area contributed by atoms with Gasteiger partial charge in [0.2, 0.25) is 24.0 Å². The van der Waals surface area contributed by atoms with Gasteiger partial charge >= 0.3 is 30.3 Å². The molecule has 13 N–H and O–H groups in total. The fourth-order valence-electron chi connectivity index (χ4n) is 14.9. The molecule has 10 rings (SSSR count). The molecule has 6 aliphatic rings. The number of rotatable bonds is 68. The molecule has 4 aromatic rings. The minimum absolute atomic E-state index is 0.00852. The van der Waals surface area contributed by atoms with E-state index >= 15 is 0 Å². The van der Waals surface area contributed by atoms with E-state index in [1.807, 2.05) is 6.07 Å². The van der Waals surface area contributed by atoms with Gasteiger partial charge in [0.1, 0.15) is 89.8 Å². The number of aliphatic hydroxyl groups excluding tert-OH is 6. The van der Waals surface area contributed by atoms with Gasteiger partial charge in [-0.15, -0.1) is 5.10 Å². The number of Topliss-reactive ketones (excluding diaryl/α,β-unsaturated/α-hetero) is 1. The number of benzene rings is 2. The second-order valence-corrected chi connectivity index (χ2v) is 32.8. The Hall–Kier alpha value is -8.69. The van der Waals surface area contributed by atoms with E-state index in [4.69, 9.17) is 114 Å². The number of pyridine rings is 1. The van der Waals surface area contributed by atoms with Crippen molar-refractivity contribution >= 4 is 52.3 Å². The number of aromatic hydroxyl groups is 1. The zero-order valence-corrected chi connectivity index (χ0v) is 76.1. The van der Waals surface area contributed by atoms with Crippen molar-refractivity contribution in [1.29, 1.82) is 0 Å². The highest BCUT2D eigenvalue weighted by molar-refractivity contribution is 5.84. The molecule has 0 radical (unpaired) electrons. The monoisotopic (exact) mass is 2010 g/mol. The van der Waals surface area contributed by atoms with E-state index in [9.17, 15) is 100 Å². The van der Waals surface area contributed by atoms with Crippen LogP contribution in [0, 0.1) is 11.2 Å². The molecule has 0 spiro atoms. The van der Waals surface area contributed by atoms with Gasteiger partial charge in [0.15, 0.2) is 24.1 Å². The van der Waals surface area contributed by atoms with Crippen LogP contribution in [0.3, 0.4) is 0 Å². The summed E-state index contributed by atoms with van der Waals surface area (Å²) in [6.45, 7) is 2.30. The molecule has 47 nitrogen and oxygen atoms in total. The third kappa shape index (κ3) is 35.1. The standard InChI is InChI=1S/C85H121F7N10O37/c1-53(103)96-65-68(108)71(111)81(50-133-74(65)135-81)48-128-39-36-124-34-31-122-29-26-119-23-16-95-79(116)132-18-3-13-80(44-56(104)4-2-17-131-57-7-9-59-54(42-57)5-8-60(97-59)61-45-102(101-100-61)55-6-10-62(105)58(86)43-55,46-126-19-11-63(106)93-14-21-117-24-27-120-30-33-123-37-40-129-49-82-51-134-75(136-82)66(69(109)72(82)112)98-77(114)84(87,88)89)47-127-20-12-64(107)94-15-22-118-25-28-121-32-35-125-38-41-130-52-83-73(113)70(110)67(76(137-83)138-139-83)99-78(115)85(90,91)92/h5-10,42-43,45,65-76,105,108-113H,2-4,11-41,44,46-52H2,1H3,(H,93,106)(H,94,107)(H,95,116)(H,96,103)(H,98,114)(H,99,115)/t65-,66-,67-,68-,69-,70-,71-,72-,73-,74+,75+,76-,80?,81+,82+,83+/m1/s1. The maximum atomic E-state index is 14.3. The summed E-state index contributed by atoms with van der Waals surface area (Å²) in [4.78, 5) is 103. The van der Waals surface area contributed by atoms with Crippen molar-refractivity contribution in [3.63, 3.8) is 0 Å². The first-order chi connectivity index (χ1) is 66.7. The number of hydrogen-bond donors (Lipinski definition) is 13. The number of carbonyl (C=O) groups is 7. The van der Waals surface area contributed by atoms with Gasteiger partial charge in [0.25, 0.3) is 5.79 Å². The van der Waals surface area contributed by atoms with Gasteiger partial charge < -0.3 is 167 Å². The highest BCUT2D eigenvalue weighted by Gasteiger charge is 2.64. The Morgan fingerprint density at radius 1 is 0.489 bits per heavy atom. The average Bonchev–Trinajstić information content (AvgIpc) is 1.61. The summed E-state index contributed by atoms with van der Waals surface area (Å²) in [6.07, 6.45) is -23.9. The minimum atomic E-state index is -5.29. The molecule has 6 saturated heterocycles. The topological polar surface area (TPSA) is 589 Å². The van der Waals surface area contributed by atoms with E-state index in [1.54, 1.807) is 35.8 Å². The number of phenols is 1. The summed E-state index contributed by atoms with van der Waals surface area (Å²) < 4.78 is 211. The molecule has 782 valence electrons. The number of hydrogen-bond acceptors (Lipinski definition) is 40. The van der Waals surface area contributed by atoms with Crippen molar-refractivity contribution in [3.8, 4) is 28.6 Å². The second kappa shape index (κ2) is 56.4. The predicted molar refractivity (Wildman–Crippen MR) is 452 cm³/mol. The molecule has 2 aromatic carbocycles. The number of nitrogens with one attached hydrogen (secondary N) is 6. The number of aliphatic hydroxyl groups is 6. The molecule has 6 fully saturated rings. The number of halogens is 7. The second-order valence-electron chi connectivity index (χ2n) is 32.8. The lowest BCUT2D eigenvalue weighted by Gasteiger charge is -2.42. The van der Waals surface area contributed by atoms with E-state index in [0.717, 1.165) is 11.5 Å². The lowest BCUT2D eigenvalue weighted by Crippen LogP contribution is -2.67. The molecule has 0 saturated carbocycles. The zero-order chi connectivity index (χ0) is 99.9. The first-order valence-corrected chi connectivity index (χ1v) is 44.9. The van der Waals surface area contributed by atoms with Crippen LogP contribution in [-0.2, 0) is 133 Å². The molecule has 2 aromatic heterocycles. The van der Waals surface area contributed by atoms with Crippen LogP contribution in [0.2, 0.25) is 0 Å². The van der Waals surface area contributed by atoms with Crippen molar-refractivity contribution in [3.05, 3.63) is 60.5 Å². The molecular weight excluding hydrogens is 1890 g/mol. The summed E-state index contributed by atoms with van der Waals surface area (Å²) in [5.41, 5.74) is -2.25. The van der Waals surface area contributed by atoms with E-state index in [0.29, 0.717) is 28.3 Å². The lowest BCUT2D eigenvalue weighted by atomic mass is 9.79. The van der Waals surface area contributed by atoms with Crippen molar-refractivity contribution < 1.29 is 209 Å². The molecule has 8 heterocycles. The number of nitrogens with zero attached hydrogens (tertiary/aromatic N) is 4. The summed E-state index contributed by atoms with van der Waals surface area (Å²) in [5, 5.41) is 96.0. The number of phenolic OH excluding ortho intramolecular Hbond substituents is 1. The normalized spacial score (nSPS) is 24.7. The van der Waals surface area contributed by atoms with Crippen LogP contribution < -0.4 is 36.6 Å². The van der Waals surface area contributed by atoms with Crippen molar-refractivity contribution in [2.45, 2.75) is 155 Å². The van der Waals surface area contributed by atoms with Gasteiger partial charge in [-0.05, 0) is 55.7 Å². The number of ketones is 1. The van der Waals surface area contributed by atoms with E-state index in [1.165, 1.54) is 29.1 Å². The largest absolute Gasteiger partial charge is 0.505 e. The molecule has 0 aliphatic carbocycles. The number of aromatic nitrogens is 4. The van der Waals surface area contributed by atoms with Crippen LogP contribution in [-0.4, -0.2) is 431 Å². The van der Waals surface area contributed by atoms with Gasteiger partial charge in [-0.2, -0.15) is 36.1 Å². The molecule has 1 unspecified atom stereocenters. The quantitative estimate of drug-likeness (QED) is 0.0132.